The zero-order valence-corrected chi connectivity index (χ0v) is 75.1. The van der Waals surface area contributed by atoms with Crippen LogP contribution in [-0.4, -0.2) is 151 Å². The average Bonchev–Trinajstić information content (AvgIpc) is 1.66. The van der Waals surface area contributed by atoms with Gasteiger partial charge in [0, 0.05) is 42.9 Å². The SMILES string of the molecule is C.CCCC(C(=O)Nc1ccc(N2CCOCC2=O)cc1)c1ccc2nc(-c3ccc(Cl)s3)[nH]c2c1.CCCC(C(=O)O)c1ccc2nc(-c3ccc(Cl)s3)[nH]c2c1.CCCC(C(=O)OCC)c1ccc2nc(-c3ccc(Cl)s3)[nH]c2c1.CCOC(=O)Cc1ccc2nc(-c3ccc(Cl)s3)[nH]c2c1.CO.Nc1ccc(N2CCOCC2=O)cc1.[Na+].[OH-]. The van der Waals surface area contributed by atoms with Gasteiger partial charge < -0.3 is 75.4 Å². The minimum atomic E-state index is -0.786. The number of ether oxygens (including phenoxy) is 4. The molecule has 0 spiro atoms. The predicted molar refractivity (Wildman–Crippen MR) is 484 cm³/mol. The third-order valence-electron chi connectivity index (χ3n) is 18.7. The van der Waals surface area contributed by atoms with Gasteiger partial charge in [0.2, 0.25) is 5.91 Å². The molecule has 2 aliphatic rings. The normalized spacial score (nSPS) is 13.0. The molecule has 2 aliphatic heterocycles. The van der Waals surface area contributed by atoms with Crippen molar-refractivity contribution >= 4 is 194 Å². The van der Waals surface area contributed by atoms with Crippen LogP contribution in [0.3, 0.4) is 0 Å². The molecule has 2 saturated heterocycles. The summed E-state index contributed by atoms with van der Waals surface area (Å²) in [6.45, 7) is 13.1. The number of hydrogen-bond donors (Lipinski definition) is 8. The number of benzene rings is 6. The standard InChI is InChI=1S/C26H25ClN4O3S.C18H19ClN2O2S.C16H15ClN2O2S.C15H13ClN2O2S.C10H12N2O2.CH4O.CH4.Na.H2O/c1-2-3-19(16-4-9-20-21(14-16)30-25(29-20)22-10-11-23(27)35-22)26(33)28-17-5-7-18(8-6-17)31-12-13-34-15-24(31)32;1-3-5-12(18(22)23-4-2)11-6-7-13-14(10-11)21-17(20-13)15-8-9-16(19)24-15;1-2-3-10(16(20)21)9-4-5-11-12(8-9)19-15(18-11)13-6-7-14(17)22-13;1-2-20-14(19)8-9-3-4-10-11(7-9)18-15(17-10)12-5-6-13(16)21-12;11-8-1-3-9(4-2-8)12-5-6-14-7-10(12)13;1-2;;;/h4-11,14,19H,2-3,12-13,15H2,1H3,(H,28,33)(H,29,30);6-10,12H,3-5H2,1-2H3,(H,20,21);4-8,10H,2-3H2,1H3,(H,18,19)(H,20,21);3-7H,2,8H2,1H3,(H,17,18);1-4H,5-7,11H2;2H,1H3;1H4;;1H2/q;;;;;;;+1;/p-1. The van der Waals surface area contributed by atoms with Gasteiger partial charge in [-0.2, -0.15) is 0 Å². The monoisotopic (exact) mass is 1800 g/mol. The molecule has 0 radical (unpaired) electrons. The number of nitrogens with two attached hydrogens (primary N) is 1. The van der Waals surface area contributed by atoms with Gasteiger partial charge in [-0.3, -0.25) is 28.8 Å². The van der Waals surface area contributed by atoms with Crippen molar-refractivity contribution in [3.8, 4) is 42.8 Å². The molecule has 0 bridgehead atoms. The third-order valence-corrected chi connectivity index (χ3v) is 23.6. The molecule has 8 aromatic heterocycles. The number of aliphatic hydroxyl groups is 1. The fourth-order valence-corrected chi connectivity index (χ4v) is 17.1. The molecule has 3 amide bonds. The van der Waals surface area contributed by atoms with E-state index in [1.807, 2.05) is 172 Å². The Labute approximate surface area is 758 Å². The number of aromatic nitrogens is 8. The summed E-state index contributed by atoms with van der Waals surface area (Å²) in [6.07, 6.45) is 5.01. The number of carboxylic acid groups (broad SMARTS) is 1. The van der Waals surface area contributed by atoms with Gasteiger partial charge in [-0.25, -0.2) is 19.9 Å². The van der Waals surface area contributed by atoms with Gasteiger partial charge in [0.1, 0.15) is 36.5 Å². The van der Waals surface area contributed by atoms with Crippen LogP contribution in [0.25, 0.3) is 86.9 Å². The molecule has 121 heavy (non-hydrogen) atoms. The van der Waals surface area contributed by atoms with E-state index in [9.17, 15) is 33.9 Å². The molecule has 14 aromatic rings. The molecule has 632 valence electrons. The minimum absolute atomic E-state index is 0. The first-order valence-electron chi connectivity index (χ1n) is 38.2. The van der Waals surface area contributed by atoms with Crippen molar-refractivity contribution in [2.45, 2.75) is 105 Å². The molecule has 25 nitrogen and oxygen atoms in total. The average molecular weight is 1810 g/mol. The zero-order valence-electron chi connectivity index (χ0n) is 66.8. The number of fused-ring (bicyclic) bond motifs is 4. The number of amides is 3. The Kier molecular flexibility index (Phi) is 38.0. The van der Waals surface area contributed by atoms with Crippen molar-refractivity contribution in [3.63, 3.8) is 0 Å². The van der Waals surface area contributed by atoms with Crippen LogP contribution < -0.4 is 50.4 Å². The third kappa shape index (κ3) is 26.1. The fraction of sp³-hybridized carbons (Fsp3) is 0.287. The second-order valence-electron chi connectivity index (χ2n) is 26.9. The van der Waals surface area contributed by atoms with E-state index in [0.29, 0.717) is 66.0 Å². The largest absolute Gasteiger partial charge is 1.00 e. The summed E-state index contributed by atoms with van der Waals surface area (Å²) < 4.78 is 23.3. The van der Waals surface area contributed by atoms with Crippen molar-refractivity contribution in [1.29, 1.82) is 0 Å². The van der Waals surface area contributed by atoms with Crippen LogP contribution in [0.5, 0.6) is 0 Å². The van der Waals surface area contributed by atoms with Crippen LogP contribution >= 0.6 is 91.8 Å². The molecule has 0 saturated carbocycles. The van der Waals surface area contributed by atoms with Gasteiger partial charge >= 0.3 is 47.5 Å². The Morgan fingerprint density at radius 3 is 1.21 bits per heavy atom. The fourth-order valence-electron chi connectivity index (χ4n) is 13.1. The number of aliphatic carboxylic acids is 1. The summed E-state index contributed by atoms with van der Waals surface area (Å²) in [5.74, 6) is 0.805. The number of halogens is 4. The van der Waals surface area contributed by atoms with Crippen molar-refractivity contribution in [2.24, 2.45) is 0 Å². The number of thiophene rings is 4. The van der Waals surface area contributed by atoms with Crippen molar-refractivity contribution in [1.82, 2.24) is 39.9 Å². The Morgan fingerprint density at radius 1 is 0.496 bits per heavy atom. The topological polar surface area (TPSA) is 369 Å². The molecule has 34 heteroatoms. The number of nitrogens with one attached hydrogen (secondary N) is 5. The second-order valence-corrected chi connectivity index (χ2v) is 33.7. The number of esters is 2. The molecule has 0 aliphatic carbocycles. The quantitative estimate of drug-likeness (QED) is 0.0167. The molecular formula is C87H93Cl4N12NaO13S4. The summed E-state index contributed by atoms with van der Waals surface area (Å²) in [4.78, 5) is 111. The maximum absolute atomic E-state index is 13.3. The Hall–Kier alpha value is -9.38. The summed E-state index contributed by atoms with van der Waals surface area (Å²) in [5, 5.41) is 19.4. The number of aliphatic hydroxyl groups excluding tert-OH is 1. The number of morpholine rings is 2. The number of imidazole rings is 4. The molecule has 10 N–H and O–H groups in total. The number of aromatic amines is 4. The van der Waals surface area contributed by atoms with Gasteiger partial charge in [0.25, 0.3) is 11.8 Å². The molecular weight excluding hydrogens is 1710 g/mol. The number of carbonyl (C=O) groups is 6. The summed E-state index contributed by atoms with van der Waals surface area (Å²) in [5.41, 5.74) is 19.2. The van der Waals surface area contributed by atoms with E-state index < -0.39 is 11.9 Å². The number of nitrogen functional groups attached to an aromatic ring is 1. The van der Waals surface area contributed by atoms with E-state index in [2.05, 4.69) is 59.0 Å². The molecule has 16 rings (SSSR count). The second kappa shape index (κ2) is 47.3. The smallest absolute Gasteiger partial charge is 0.870 e. The number of rotatable bonds is 23. The van der Waals surface area contributed by atoms with Gasteiger partial charge in [-0.1, -0.05) is 118 Å². The first-order chi connectivity index (χ1) is 57.1. The van der Waals surface area contributed by atoms with E-state index >= 15 is 0 Å². The van der Waals surface area contributed by atoms with Crippen LogP contribution in [0.1, 0.15) is 121 Å². The predicted octanol–water partition coefficient (Wildman–Crippen LogP) is 17.9. The summed E-state index contributed by atoms with van der Waals surface area (Å²) in [7, 11) is 1.00. The van der Waals surface area contributed by atoms with Crippen molar-refractivity contribution in [3.05, 3.63) is 209 Å². The van der Waals surface area contributed by atoms with E-state index in [4.69, 9.17) is 76.2 Å². The van der Waals surface area contributed by atoms with Gasteiger partial charge in [0.05, 0.1) is 132 Å². The van der Waals surface area contributed by atoms with E-state index in [1.54, 1.807) is 28.9 Å². The van der Waals surface area contributed by atoms with Crippen LogP contribution in [0, 0.1) is 0 Å². The van der Waals surface area contributed by atoms with E-state index in [0.717, 1.165) is 168 Å². The van der Waals surface area contributed by atoms with Crippen molar-refractivity contribution < 1.29 is 93.0 Å². The maximum atomic E-state index is 13.3. The Bertz CT molecular complexity index is 5750. The molecule has 3 atom stereocenters. The summed E-state index contributed by atoms with van der Waals surface area (Å²) >= 11 is 29.9. The number of hydrogen-bond acceptors (Lipinski definition) is 21. The number of carboxylic acids is 1. The maximum Gasteiger partial charge on any atom is 1.00 e. The molecule has 6 aromatic carbocycles. The minimum Gasteiger partial charge on any atom is -0.870 e. The van der Waals surface area contributed by atoms with Crippen molar-refractivity contribution in [2.75, 3.05) is 80.7 Å². The zero-order chi connectivity index (χ0) is 83.9. The summed E-state index contributed by atoms with van der Waals surface area (Å²) in [6, 6.07) is 52.9. The number of anilines is 4. The van der Waals surface area contributed by atoms with Crippen LogP contribution in [0.4, 0.5) is 22.7 Å². The van der Waals surface area contributed by atoms with E-state index in [-0.39, 0.29) is 104 Å². The Balaban J connectivity index is 0.000000191. The number of carbonyl (C=O) groups excluding carboxylic acids is 5. The van der Waals surface area contributed by atoms with Crippen LogP contribution in [0.2, 0.25) is 17.3 Å². The molecule has 3 unspecified atom stereocenters. The first-order valence-corrected chi connectivity index (χ1v) is 43.0. The molecule has 10 heterocycles. The molecule has 2 fully saturated rings. The van der Waals surface area contributed by atoms with Crippen LogP contribution in [0.15, 0.2) is 170 Å². The number of nitrogens with zero attached hydrogens (tertiary/aromatic N) is 6. The first kappa shape index (κ1) is 97.1. The van der Waals surface area contributed by atoms with Gasteiger partial charge in [-0.05, 0) is 201 Å². The van der Waals surface area contributed by atoms with Gasteiger partial charge in [-0.15, -0.1) is 45.3 Å². The van der Waals surface area contributed by atoms with Crippen LogP contribution in [-0.2, 0) is 54.1 Å². The number of H-pyrrole nitrogens is 4. The van der Waals surface area contributed by atoms with Gasteiger partial charge in [0.15, 0.2) is 0 Å². The van der Waals surface area contributed by atoms with E-state index in [1.165, 1.54) is 45.3 Å². The Morgan fingerprint density at radius 2 is 0.851 bits per heavy atom.